The Kier molecular flexibility index (Phi) is 5.26. The summed E-state index contributed by atoms with van der Waals surface area (Å²) in [7, 11) is 0. The maximum Gasteiger partial charge on any atom is 0.252 e. The standard InChI is InChI=1S/C20H20N2O3/c1-14(11-12-23)22-19(24)16-9-5-6-10-17(16)20-21-13-18(25-20)15-7-3-2-4-8-15/h2-10,13-14,23H,11-12H2,1H3,(H,22,24). The zero-order valence-corrected chi connectivity index (χ0v) is 14.0. The van der Waals surface area contributed by atoms with Gasteiger partial charge in [-0.3, -0.25) is 4.79 Å². The zero-order valence-electron chi connectivity index (χ0n) is 14.0. The highest BCUT2D eigenvalue weighted by Crippen LogP contribution is 2.28. The van der Waals surface area contributed by atoms with Crippen molar-refractivity contribution in [2.75, 3.05) is 6.61 Å². The Morgan fingerprint density at radius 3 is 2.64 bits per heavy atom. The summed E-state index contributed by atoms with van der Waals surface area (Å²) >= 11 is 0. The lowest BCUT2D eigenvalue weighted by atomic mass is 10.1. The summed E-state index contributed by atoms with van der Waals surface area (Å²) in [5, 5.41) is 11.9. The van der Waals surface area contributed by atoms with Crippen LogP contribution < -0.4 is 5.32 Å². The topological polar surface area (TPSA) is 75.4 Å². The molecule has 25 heavy (non-hydrogen) atoms. The van der Waals surface area contributed by atoms with E-state index in [4.69, 9.17) is 9.52 Å². The lowest BCUT2D eigenvalue weighted by molar-refractivity contribution is 0.0935. The first kappa shape index (κ1) is 16.9. The number of carbonyl (C=O) groups excluding carboxylic acids is 1. The normalized spacial score (nSPS) is 11.9. The third-order valence-electron chi connectivity index (χ3n) is 3.91. The van der Waals surface area contributed by atoms with Crippen molar-refractivity contribution in [1.29, 1.82) is 0 Å². The predicted molar refractivity (Wildman–Crippen MR) is 96.0 cm³/mol. The smallest absolute Gasteiger partial charge is 0.252 e. The fourth-order valence-electron chi connectivity index (χ4n) is 2.57. The minimum Gasteiger partial charge on any atom is -0.436 e. The highest BCUT2D eigenvalue weighted by atomic mass is 16.4. The summed E-state index contributed by atoms with van der Waals surface area (Å²) in [5.74, 6) is 0.842. The molecule has 0 saturated carbocycles. The molecule has 3 rings (SSSR count). The largest absolute Gasteiger partial charge is 0.436 e. The van der Waals surface area contributed by atoms with Gasteiger partial charge in [-0.05, 0) is 25.5 Å². The maximum atomic E-state index is 12.5. The Labute approximate surface area is 146 Å². The highest BCUT2D eigenvalue weighted by molar-refractivity contribution is 6.00. The van der Waals surface area contributed by atoms with E-state index >= 15 is 0 Å². The van der Waals surface area contributed by atoms with Crippen LogP contribution in [0.15, 0.2) is 65.2 Å². The van der Waals surface area contributed by atoms with Gasteiger partial charge in [-0.2, -0.15) is 0 Å². The van der Waals surface area contributed by atoms with Gasteiger partial charge in [0.25, 0.3) is 5.91 Å². The average Bonchev–Trinajstić information content (AvgIpc) is 3.12. The molecule has 0 fully saturated rings. The molecule has 1 aromatic heterocycles. The number of amides is 1. The third kappa shape index (κ3) is 3.95. The maximum absolute atomic E-state index is 12.5. The Morgan fingerprint density at radius 2 is 1.88 bits per heavy atom. The van der Waals surface area contributed by atoms with Crippen LogP contribution in [0.5, 0.6) is 0 Å². The van der Waals surface area contributed by atoms with Crippen LogP contribution in [-0.4, -0.2) is 28.6 Å². The van der Waals surface area contributed by atoms with Crippen molar-refractivity contribution in [3.05, 3.63) is 66.4 Å². The van der Waals surface area contributed by atoms with Crippen LogP contribution in [0, 0.1) is 0 Å². The summed E-state index contributed by atoms with van der Waals surface area (Å²) in [6.45, 7) is 1.89. The van der Waals surface area contributed by atoms with E-state index in [9.17, 15) is 4.79 Å². The van der Waals surface area contributed by atoms with Crippen LogP contribution >= 0.6 is 0 Å². The predicted octanol–water partition coefficient (Wildman–Crippen LogP) is 3.51. The molecular formula is C20H20N2O3. The van der Waals surface area contributed by atoms with Crippen LogP contribution in [0.25, 0.3) is 22.8 Å². The Balaban J connectivity index is 1.89. The van der Waals surface area contributed by atoms with Crippen LogP contribution in [0.4, 0.5) is 0 Å². The van der Waals surface area contributed by atoms with Crippen molar-refractivity contribution < 1.29 is 14.3 Å². The molecule has 0 bridgehead atoms. The Bertz CT molecular complexity index is 843. The van der Waals surface area contributed by atoms with E-state index in [-0.39, 0.29) is 18.6 Å². The molecule has 0 aliphatic rings. The van der Waals surface area contributed by atoms with E-state index in [1.807, 2.05) is 49.4 Å². The number of rotatable bonds is 6. The minimum atomic E-state index is -0.212. The summed E-state index contributed by atoms with van der Waals surface area (Å²) < 4.78 is 5.87. The summed E-state index contributed by atoms with van der Waals surface area (Å²) in [4.78, 5) is 16.9. The van der Waals surface area contributed by atoms with Gasteiger partial charge in [0.05, 0.1) is 11.8 Å². The molecule has 1 amide bonds. The molecule has 0 saturated heterocycles. The van der Waals surface area contributed by atoms with Crippen LogP contribution in [0.2, 0.25) is 0 Å². The fraction of sp³-hybridized carbons (Fsp3) is 0.200. The molecule has 5 heteroatoms. The zero-order chi connectivity index (χ0) is 17.6. The molecule has 0 aliphatic carbocycles. The van der Waals surface area contributed by atoms with Gasteiger partial charge < -0.3 is 14.8 Å². The molecule has 2 aromatic carbocycles. The second-order valence-electron chi connectivity index (χ2n) is 5.83. The lowest BCUT2D eigenvalue weighted by Crippen LogP contribution is -2.33. The third-order valence-corrected chi connectivity index (χ3v) is 3.91. The number of aliphatic hydroxyl groups excluding tert-OH is 1. The second kappa shape index (κ2) is 7.77. The molecule has 5 nitrogen and oxygen atoms in total. The van der Waals surface area contributed by atoms with E-state index in [0.29, 0.717) is 29.2 Å². The lowest BCUT2D eigenvalue weighted by Gasteiger charge is -2.13. The van der Waals surface area contributed by atoms with Crippen molar-refractivity contribution in [1.82, 2.24) is 10.3 Å². The Hall–Kier alpha value is -2.92. The number of aliphatic hydroxyl groups is 1. The van der Waals surface area contributed by atoms with E-state index in [2.05, 4.69) is 10.3 Å². The second-order valence-corrected chi connectivity index (χ2v) is 5.83. The average molecular weight is 336 g/mol. The number of oxazole rings is 1. The number of nitrogens with zero attached hydrogens (tertiary/aromatic N) is 1. The van der Waals surface area contributed by atoms with Crippen molar-refractivity contribution in [3.63, 3.8) is 0 Å². The summed E-state index contributed by atoms with van der Waals surface area (Å²) in [6, 6.07) is 16.8. The molecule has 3 aromatic rings. The number of carbonyl (C=O) groups is 1. The first-order chi connectivity index (χ1) is 12.2. The SMILES string of the molecule is CC(CCO)NC(=O)c1ccccc1-c1ncc(-c2ccccc2)o1. The molecule has 0 spiro atoms. The van der Waals surface area contributed by atoms with Crippen LogP contribution in [0.1, 0.15) is 23.7 Å². The van der Waals surface area contributed by atoms with Gasteiger partial charge in [0.1, 0.15) is 0 Å². The molecule has 1 unspecified atom stereocenters. The molecule has 1 atom stereocenters. The van der Waals surface area contributed by atoms with Crippen LogP contribution in [-0.2, 0) is 0 Å². The van der Waals surface area contributed by atoms with E-state index in [1.165, 1.54) is 0 Å². The summed E-state index contributed by atoms with van der Waals surface area (Å²) in [5.41, 5.74) is 2.06. The molecule has 0 aliphatic heterocycles. The molecule has 1 heterocycles. The van der Waals surface area contributed by atoms with Gasteiger partial charge in [0.2, 0.25) is 5.89 Å². The Morgan fingerprint density at radius 1 is 1.16 bits per heavy atom. The first-order valence-corrected chi connectivity index (χ1v) is 8.21. The van der Waals surface area contributed by atoms with E-state index < -0.39 is 0 Å². The van der Waals surface area contributed by atoms with E-state index in [0.717, 1.165) is 5.56 Å². The molecule has 0 radical (unpaired) electrons. The first-order valence-electron chi connectivity index (χ1n) is 8.21. The van der Waals surface area contributed by atoms with Crippen molar-refractivity contribution in [2.24, 2.45) is 0 Å². The molecule has 128 valence electrons. The van der Waals surface area contributed by atoms with Gasteiger partial charge in [0.15, 0.2) is 5.76 Å². The summed E-state index contributed by atoms with van der Waals surface area (Å²) in [6.07, 6.45) is 2.17. The monoisotopic (exact) mass is 336 g/mol. The molecule has 2 N–H and O–H groups in total. The number of hydrogen-bond donors (Lipinski definition) is 2. The van der Waals surface area contributed by atoms with Gasteiger partial charge in [-0.25, -0.2) is 4.98 Å². The van der Waals surface area contributed by atoms with E-state index in [1.54, 1.807) is 18.3 Å². The molecular weight excluding hydrogens is 316 g/mol. The van der Waals surface area contributed by atoms with Gasteiger partial charge in [0, 0.05) is 23.8 Å². The van der Waals surface area contributed by atoms with Crippen LogP contribution in [0.3, 0.4) is 0 Å². The highest BCUT2D eigenvalue weighted by Gasteiger charge is 2.18. The number of nitrogens with one attached hydrogen (secondary N) is 1. The van der Waals surface area contributed by atoms with Crippen molar-refractivity contribution >= 4 is 5.91 Å². The number of benzene rings is 2. The number of aromatic nitrogens is 1. The van der Waals surface area contributed by atoms with Gasteiger partial charge >= 0.3 is 0 Å². The van der Waals surface area contributed by atoms with Crippen molar-refractivity contribution in [3.8, 4) is 22.8 Å². The number of hydrogen-bond acceptors (Lipinski definition) is 4. The quantitative estimate of drug-likeness (QED) is 0.722. The minimum absolute atomic E-state index is 0.0310. The fourth-order valence-corrected chi connectivity index (χ4v) is 2.57. The van der Waals surface area contributed by atoms with Gasteiger partial charge in [-0.15, -0.1) is 0 Å². The van der Waals surface area contributed by atoms with Gasteiger partial charge in [-0.1, -0.05) is 42.5 Å². The van der Waals surface area contributed by atoms with Crippen molar-refractivity contribution in [2.45, 2.75) is 19.4 Å².